The quantitative estimate of drug-likeness (QED) is 0.102. The molecule has 0 aromatic heterocycles. The van der Waals surface area contributed by atoms with E-state index in [-0.39, 0.29) is 10.8 Å². The van der Waals surface area contributed by atoms with Crippen molar-refractivity contribution in [2.24, 2.45) is 0 Å². The summed E-state index contributed by atoms with van der Waals surface area (Å²) < 4.78 is 7.48. The highest BCUT2D eigenvalue weighted by atomic mass is 79.9. The van der Waals surface area contributed by atoms with Gasteiger partial charge in [0.25, 0.3) is 0 Å². The van der Waals surface area contributed by atoms with Crippen molar-refractivity contribution in [3.63, 3.8) is 0 Å². The van der Waals surface area contributed by atoms with Gasteiger partial charge in [-0.15, -0.1) is 0 Å². The van der Waals surface area contributed by atoms with Crippen molar-refractivity contribution < 1.29 is 14.3 Å². The molecule has 0 amide bonds. The summed E-state index contributed by atoms with van der Waals surface area (Å²) in [6.07, 6.45) is 0. The summed E-state index contributed by atoms with van der Waals surface area (Å²) in [5.74, 6) is -0.763. The number of benzene rings is 4. The van der Waals surface area contributed by atoms with Crippen molar-refractivity contribution in [3.05, 3.63) is 122 Å². The molecule has 0 saturated heterocycles. The van der Waals surface area contributed by atoms with Gasteiger partial charge < -0.3 is 15.4 Å². The van der Waals surface area contributed by atoms with Crippen LogP contribution in [-0.2, 0) is 4.79 Å². The largest absolute Gasteiger partial charge is 0.484 e. The Bertz CT molecular complexity index is 1350. The third-order valence-electron chi connectivity index (χ3n) is 5.40. The maximum atomic E-state index is 14.1. The third kappa shape index (κ3) is 6.73. The predicted octanol–water partition coefficient (Wildman–Crippen LogP) is 8.27. The molecule has 0 radical (unpaired) electrons. The molecular weight excluding hydrogens is 643 g/mol. The maximum Gasteiger partial charge on any atom is 0.237 e. The van der Waals surface area contributed by atoms with Crippen LogP contribution in [-0.4, -0.2) is 23.8 Å². The Morgan fingerprint density at radius 2 is 1.30 bits per heavy atom. The zero-order valence-corrected chi connectivity index (χ0v) is 23.9. The van der Waals surface area contributed by atoms with Gasteiger partial charge in [-0.2, -0.15) is 0 Å². The van der Waals surface area contributed by atoms with Gasteiger partial charge in [-0.25, -0.2) is 0 Å². The van der Waals surface area contributed by atoms with Crippen LogP contribution in [0.25, 0.3) is 0 Å². The Hall–Kier alpha value is -2.84. The van der Waals surface area contributed by atoms with Crippen LogP contribution >= 0.6 is 55.1 Å². The molecular formula is C28H20Br2Cl2N2O3. The van der Waals surface area contributed by atoms with E-state index in [0.29, 0.717) is 22.0 Å². The highest BCUT2D eigenvalue weighted by Gasteiger charge is 2.46. The number of ketones is 2. The summed E-state index contributed by atoms with van der Waals surface area (Å²) in [6.45, 7) is -0.451. The molecule has 0 heterocycles. The number of rotatable bonds is 10. The molecule has 0 atom stereocenters. The fraction of sp³-hybridized carbons (Fsp3) is 0.0714. The first-order chi connectivity index (χ1) is 17.8. The van der Waals surface area contributed by atoms with E-state index in [0.717, 1.165) is 8.95 Å². The number of carbonyl (C=O) groups is 2. The van der Waals surface area contributed by atoms with Gasteiger partial charge in [0, 0.05) is 30.9 Å². The van der Waals surface area contributed by atoms with Crippen molar-refractivity contribution in [1.82, 2.24) is 0 Å². The van der Waals surface area contributed by atoms with Gasteiger partial charge in [0.2, 0.25) is 17.2 Å². The van der Waals surface area contributed by atoms with E-state index < -0.39 is 23.8 Å². The lowest BCUT2D eigenvalue weighted by Gasteiger charge is -2.34. The van der Waals surface area contributed by atoms with E-state index in [4.69, 9.17) is 27.9 Å². The lowest BCUT2D eigenvalue weighted by atomic mass is 9.92. The summed E-state index contributed by atoms with van der Waals surface area (Å²) in [5, 5.41) is 7.02. The number of anilines is 2. The van der Waals surface area contributed by atoms with Crippen molar-refractivity contribution in [1.29, 1.82) is 0 Å². The molecule has 0 saturated carbocycles. The second kappa shape index (κ2) is 12.1. The molecule has 0 bridgehead atoms. The zero-order valence-electron chi connectivity index (χ0n) is 19.2. The topological polar surface area (TPSA) is 67.4 Å². The summed E-state index contributed by atoms with van der Waals surface area (Å²) >= 11 is 19.1. The van der Waals surface area contributed by atoms with Gasteiger partial charge in [0.1, 0.15) is 5.75 Å². The van der Waals surface area contributed by atoms with Gasteiger partial charge in [-0.3, -0.25) is 9.59 Å². The molecule has 0 aliphatic carbocycles. The standard InChI is InChI=1S/C28H20Br2Cl2N2O3/c29-19-6-11-22(12-7-19)33-28(27(36)18-4-2-1-3-5-18,34-23-13-8-20(30)9-14-23)26(35)17-37-25-15-10-21(31)16-24(25)32/h1-16,33-34H,17H2. The van der Waals surface area contributed by atoms with E-state index in [1.165, 1.54) is 6.07 Å². The van der Waals surface area contributed by atoms with Crippen LogP contribution in [0.5, 0.6) is 5.75 Å². The van der Waals surface area contributed by atoms with Crippen molar-refractivity contribution in [3.8, 4) is 5.75 Å². The minimum Gasteiger partial charge on any atom is -0.484 e. The first kappa shape index (κ1) is 27.2. The lowest BCUT2D eigenvalue weighted by molar-refractivity contribution is -0.123. The number of Topliss-reactive ketones (excluding diaryl/α,β-unsaturated/α-hetero) is 2. The molecule has 5 nitrogen and oxygen atoms in total. The Kier molecular flexibility index (Phi) is 8.92. The molecule has 0 aliphatic heterocycles. The smallest absolute Gasteiger partial charge is 0.237 e. The van der Waals surface area contributed by atoms with Gasteiger partial charge in [0.15, 0.2) is 6.61 Å². The SMILES string of the molecule is O=C(COc1ccc(Cl)cc1Cl)C(Nc1ccc(Br)cc1)(Nc1ccc(Br)cc1)C(=O)c1ccccc1. The summed E-state index contributed by atoms with van der Waals surface area (Å²) in [7, 11) is 0. The Morgan fingerprint density at radius 3 is 1.81 bits per heavy atom. The first-order valence-corrected chi connectivity index (χ1v) is 13.4. The summed E-state index contributed by atoms with van der Waals surface area (Å²) in [6, 6.07) is 27.6. The fourth-order valence-electron chi connectivity index (χ4n) is 3.56. The molecule has 188 valence electrons. The molecule has 0 fully saturated rings. The molecule has 0 spiro atoms. The average molecular weight is 663 g/mol. The van der Waals surface area contributed by atoms with E-state index in [1.54, 1.807) is 66.7 Å². The van der Waals surface area contributed by atoms with Crippen LogP contribution in [0.4, 0.5) is 11.4 Å². The second-order valence-corrected chi connectivity index (χ2v) is 10.7. The highest BCUT2D eigenvalue weighted by Crippen LogP contribution is 2.30. The van der Waals surface area contributed by atoms with Gasteiger partial charge in [-0.05, 0) is 66.7 Å². The van der Waals surface area contributed by atoms with E-state index >= 15 is 0 Å². The van der Waals surface area contributed by atoms with Gasteiger partial charge in [-0.1, -0.05) is 85.4 Å². The number of ether oxygens (including phenoxy) is 1. The van der Waals surface area contributed by atoms with Crippen LogP contribution < -0.4 is 15.4 Å². The highest BCUT2D eigenvalue weighted by molar-refractivity contribution is 9.10. The Morgan fingerprint density at radius 1 is 0.757 bits per heavy atom. The molecule has 0 unspecified atom stereocenters. The van der Waals surface area contributed by atoms with E-state index in [2.05, 4.69) is 42.5 Å². The summed E-state index contributed by atoms with van der Waals surface area (Å²) in [5.41, 5.74) is -0.471. The van der Waals surface area contributed by atoms with Gasteiger partial charge >= 0.3 is 0 Å². The molecule has 4 rings (SSSR count). The number of carbonyl (C=O) groups excluding carboxylic acids is 2. The third-order valence-corrected chi connectivity index (χ3v) is 6.99. The number of halogens is 4. The van der Waals surface area contributed by atoms with Gasteiger partial charge in [0.05, 0.1) is 5.02 Å². The van der Waals surface area contributed by atoms with Crippen LogP contribution in [0.3, 0.4) is 0 Å². The molecule has 4 aromatic rings. The first-order valence-electron chi connectivity index (χ1n) is 11.1. The van der Waals surface area contributed by atoms with Crippen molar-refractivity contribution >= 4 is 78.0 Å². The molecule has 0 aliphatic rings. The van der Waals surface area contributed by atoms with Crippen LogP contribution in [0.15, 0.2) is 106 Å². The van der Waals surface area contributed by atoms with Crippen LogP contribution in [0.1, 0.15) is 10.4 Å². The zero-order chi connectivity index (χ0) is 26.4. The summed E-state index contributed by atoms with van der Waals surface area (Å²) in [4.78, 5) is 28.1. The number of nitrogens with one attached hydrogen (secondary N) is 2. The Labute approximate surface area is 241 Å². The van der Waals surface area contributed by atoms with Crippen LogP contribution in [0.2, 0.25) is 10.0 Å². The molecule has 2 N–H and O–H groups in total. The second-order valence-electron chi connectivity index (χ2n) is 8.00. The van der Waals surface area contributed by atoms with Crippen molar-refractivity contribution in [2.75, 3.05) is 17.2 Å². The van der Waals surface area contributed by atoms with Crippen molar-refractivity contribution in [2.45, 2.75) is 5.66 Å². The minimum atomic E-state index is -1.91. The Balaban J connectivity index is 1.78. The normalized spacial score (nSPS) is 11.0. The lowest BCUT2D eigenvalue weighted by Crippen LogP contribution is -2.61. The number of hydrogen-bond donors (Lipinski definition) is 2. The average Bonchev–Trinajstić information content (AvgIpc) is 2.90. The molecule has 37 heavy (non-hydrogen) atoms. The van der Waals surface area contributed by atoms with E-state index in [1.807, 2.05) is 24.3 Å². The maximum absolute atomic E-state index is 14.1. The monoisotopic (exact) mass is 660 g/mol. The van der Waals surface area contributed by atoms with E-state index in [9.17, 15) is 9.59 Å². The molecule has 9 heteroatoms. The molecule has 4 aromatic carbocycles. The number of hydrogen-bond acceptors (Lipinski definition) is 5. The fourth-order valence-corrected chi connectivity index (χ4v) is 4.55. The van der Waals surface area contributed by atoms with Crippen LogP contribution in [0, 0.1) is 0 Å². The minimum absolute atomic E-state index is 0.252. The predicted molar refractivity (Wildman–Crippen MR) is 156 cm³/mol.